The molecule has 1 aromatic rings. The van der Waals surface area contributed by atoms with Crippen molar-refractivity contribution in [3.05, 3.63) is 29.8 Å². The van der Waals surface area contributed by atoms with Crippen molar-refractivity contribution >= 4 is 0 Å². The average Bonchev–Trinajstić information content (AvgIpc) is 2.94. The lowest BCUT2D eigenvalue weighted by Gasteiger charge is -2.23. The largest absolute Gasteiger partial charge is 0.492 e. The molecule has 1 unspecified atom stereocenters. The molecule has 2 rings (SSSR count). The van der Waals surface area contributed by atoms with Crippen LogP contribution in [0.4, 0.5) is 0 Å². The van der Waals surface area contributed by atoms with Crippen molar-refractivity contribution in [2.45, 2.75) is 45.1 Å². The minimum Gasteiger partial charge on any atom is -0.492 e. The zero-order valence-electron chi connectivity index (χ0n) is 11.6. The molecule has 2 nitrogen and oxygen atoms in total. The lowest BCUT2D eigenvalue weighted by Crippen LogP contribution is -2.37. The number of aryl methyl sites for hydroxylation is 1. The molecule has 0 heterocycles. The molecule has 0 spiro atoms. The Kier molecular flexibility index (Phi) is 5.06. The summed E-state index contributed by atoms with van der Waals surface area (Å²) >= 11 is 0. The van der Waals surface area contributed by atoms with Crippen molar-refractivity contribution in [2.75, 3.05) is 13.7 Å². The van der Waals surface area contributed by atoms with E-state index in [2.05, 4.69) is 43.6 Å². The van der Waals surface area contributed by atoms with E-state index in [0.29, 0.717) is 6.04 Å². The van der Waals surface area contributed by atoms with Gasteiger partial charge in [0.05, 0.1) is 0 Å². The zero-order chi connectivity index (χ0) is 12.8. The van der Waals surface area contributed by atoms with Crippen molar-refractivity contribution in [1.82, 2.24) is 5.32 Å². The maximum atomic E-state index is 5.95. The molecule has 1 saturated carbocycles. The highest BCUT2D eigenvalue weighted by Crippen LogP contribution is 2.28. The van der Waals surface area contributed by atoms with Crippen LogP contribution in [0.15, 0.2) is 24.3 Å². The molecule has 0 radical (unpaired) electrons. The monoisotopic (exact) mass is 247 g/mol. The Balaban J connectivity index is 1.88. The fourth-order valence-electron chi connectivity index (χ4n) is 2.86. The number of ether oxygens (including phenoxy) is 1. The zero-order valence-corrected chi connectivity index (χ0v) is 11.6. The minimum atomic E-state index is 0.498. The molecular weight excluding hydrogens is 222 g/mol. The molecule has 18 heavy (non-hydrogen) atoms. The summed E-state index contributed by atoms with van der Waals surface area (Å²) in [5.41, 5.74) is 1.34. The Labute approximate surface area is 111 Å². The summed E-state index contributed by atoms with van der Waals surface area (Å²) < 4.78 is 5.95. The number of hydrogen-bond acceptors (Lipinski definition) is 2. The van der Waals surface area contributed by atoms with Crippen LogP contribution in [0.3, 0.4) is 0 Å². The van der Waals surface area contributed by atoms with Crippen molar-refractivity contribution in [1.29, 1.82) is 0 Å². The number of rotatable bonds is 6. The van der Waals surface area contributed by atoms with Crippen LogP contribution in [0.25, 0.3) is 0 Å². The van der Waals surface area contributed by atoms with Crippen LogP contribution >= 0.6 is 0 Å². The van der Waals surface area contributed by atoms with Crippen LogP contribution in [-0.4, -0.2) is 19.7 Å². The van der Waals surface area contributed by atoms with E-state index in [9.17, 15) is 0 Å². The SMILES string of the molecule is CCc1cccc(OCC(NC)C2CCCC2)c1. The van der Waals surface area contributed by atoms with E-state index < -0.39 is 0 Å². The summed E-state index contributed by atoms with van der Waals surface area (Å²) in [6.45, 7) is 2.96. The van der Waals surface area contributed by atoms with Crippen LogP contribution in [0.1, 0.15) is 38.2 Å². The maximum absolute atomic E-state index is 5.95. The summed E-state index contributed by atoms with van der Waals surface area (Å²) in [7, 11) is 2.05. The topological polar surface area (TPSA) is 21.3 Å². The molecule has 1 fully saturated rings. The first kappa shape index (κ1) is 13.4. The van der Waals surface area contributed by atoms with E-state index in [1.165, 1.54) is 31.2 Å². The average molecular weight is 247 g/mol. The highest BCUT2D eigenvalue weighted by Gasteiger charge is 2.24. The molecule has 0 saturated heterocycles. The first-order valence-corrected chi connectivity index (χ1v) is 7.22. The highest BCUT2D eigenvalue weighted by molar-refractivity contribution is 5.28. The Hall–Kier alpha value is -1.02. The van der Waals surface area contributed by atoms with Gasteiger partial charge in [0, 0.05) is 6.04 Å². The Morgan fingerprint density at radius 1 is 1.33 bits per heavy atom. The molecule has 2 heteroatoms. The molecule has 1 N–H and O–H groups in total. The number of hydrogen-bond donors (Lipinski definition) is 1. The van der Waals surface area contributed by atoms with Gasteiger partial charge < -0.3 is 10.1 Å². The second kappa shape index (κ2) is 6.79. The second-order valence-electron chi connectivity index (χ2n) is 5.25. The van der Waals surface area contributed by atoms with Gasteiger partial charge in [0.15, 0.2) is 0 Å². The predicted molar refractivity (Wildman–Crippen MR) is 76.1 cm³/mol. The molecule has 0 aliphatic heterocycles. The van der Waals surface area contributed by atoms with Crippen LogP contribution in [0.5, 0.6) is 5.75 Å². The van der Waals surface area contributed by atoms with Crippen molar-refractivity contribution in [3.8, 4) is 5.75 Å². The third kappa shape index (κ3) is 3.49. The normalized spacial score (nSPS) is 17.9. The predicted octanol–water partition coefficient (Wildman–Crippen LogP) is 3.41. The summed E-state index contributed by atoms with van der Waals surface area (Å²) in [6.07, 6.45) is 6.53. The van der Waals surface area contributed by atoms with Gasteiger partial charge in [0.1, 0.15) is 12.4 Å². The Morgan fingerprint density at radius 2 is 2.11 bits per heavy atom. The van der Waals surface area contributed by atoms with Crippen LogP contribution < -0.4 is 10.1 Å². The van der Waals surface area contributed by atoms with E-state index >= 15 is 0 Å². The first-order valence-electron chi connectivity index (χ1n) is 7.22. The molecular formula is C16H25NO. The van der Waals surface area contributed by atoms with Gasteiger partial charge in [-0.1, -0.05) is 31.9 Å². The molecule has 1 atom stereocenters. The molecule has 0 aromatic heterocycles. The quantitative estimate of drug-likeness (QED) is 0.832. The lowest BCUT2D eigenvalue weighted by atomic mass is 9.99. The van der Waals surface area contributed by atoms with Gasteiger partial charge in [-0.15, -0.1) is 0 Å². The highest BCUT2D eigenvalue weighted by atomic mass is 16.5. The van der Waals surface area contributed by atoms with Gasteiger partial charge in [-0.25, -0.2) is 0 Å². The Bertz CT molecular complexity index is 358. The van der Waals surface area contributed by atoms with E-state index in [-0.39, 0.29) is 0 Å². The fraction of sp³-hybridized carbons (Fsp3) is 0.625. The second-order valence-corrected chi connectivity index (χ2v) is 5.25. The lowest BCUT2D eigenvalue weighted by molar-refractivity contribution is 0.224. The number of benzene rings is 1. The minimum absolute atomic E-state index is 0.498. The van der Waals surface area contributed by atoms with Crippen LogP contribution in [0, 0.1) is 5.92 Å². The number of nitrogens with one attached hydrogen (secondary N) is 1. The van der Waals surface area contributed by atoms with Gasteiger partial charge in [-0.05, 0) is 49.9 Å². The van der Waals surface area contributed by atoms with Crippen molar-refractivity contribution < 1.29 is 4.74 Å². The van der Waals surface area contributed by atoms with E-state index in [1.807, 2.05) is 0 Å². The van der Waals surface area contributed by atoms with E-state index in [0.717, 1.165) is 24.7 Å². The maximum Gasteiger partial charge on any atom is 0.119 e. The van der Waals surface area contributed by atoms with E-state index in [4.69, 9.17) is 4.74 Å². The van der Waals surface area contributed by atoms with Crippen LogP contribution in [0.2, 0.25) is 0 Å². The summed E-state index contributed by atoms with van der Waals surface area (Å²) in [6, 6.07) is 8.94. The molecule has 1 aliphatic carbocycles. The Morgan fingerprint density at radius 3 is 2.78 bits per heavy atom. The van der Waals surface area contributed by atoms with Gasteiger partial charge in [-0.2, -0.15) is 0 Å². The third-order valence-corrected chi connectivity index (χ3v) is 4.08. The van der Waals surface area contributed by atoms with Gasteiger partial charge in [0.2, 0.25) is 0 Å². The smallest absolute Gasteiger partial charge is 0.119 e. The molecule has 100 valence electrons. The summed E-state index contributed by atoms with van der Waals surface area (Å²) in [5.74, 6) is 1.80. The fourth-order valence-corrected chi connectivity index (χ4v) is 2.86. The van der Waals surface area contributed by atoms with Gasteiger partial charge in [0.25, 0.3) is 0 Å². The summed E-state index contributed by atoms with van der Waals surface area (Å²) in [4.78, 5) is 0. The van der Waals surface area contributed by atoms with Crippen molar-refractivity contribution in [3.63, 3.8) is 0 Å². The van der Waals surface area contributed by atoms with Gasteiger partial charge >= 0.3 is 0 Å². The summed E-state index contributed by atoms with van der Waals surface area (Å²) in [5, 5.41) is 3.42. The molecule has 0 bridgehead atoms. The standard InChI is InChI=1S/C16H25NO/c1-3-13-7-6-10-15(11-13)18-12-16(17-2)14-8-4-5-9-14/h6-7,10-11,14,16-17H,3-5,8-9,12H2,1-2H3. The third-order valence-electron chi connectivity index (χ3n) is 4.08. The molecule has 0 amide bonds. The van der Waals surface area contributed by atoms with Gasteiger partial charge in [-0.3, -0.25) is 0 Å². The van der Waals surface area contributed by atoms with E-state index in [1.54, 1.807) is 0 Å². The number of likely N-dealkylation sites (N-methyl/N-ethyl adjacent to an activating group) is 1. The first-order chi connectivity index (χ1) is 8.83. The molecule has 1 aliphatic rings. The van der Waals surface area contributed by atoms with Crippen LogP contribution in [-0.2, 0) is 6.42 Å². The van der Waals surface area contributed by atoms with Crippen molar-refractivity contribution in [2.24, 2.45) is 5.92 Å². The molecule has 1 aromatic carbocycles.